The average molecular weight is 261 g/mol. The Hall–Kier alpha value is 0.260. The molecule has 0 rings (SSSR count). The zero-order valence-corrected chi connectivity index (χ0v) is 10.9. The lowest BCUT2D eigenvalue weighted by atomic mass is 10.4. The molecule has 0 aliphatic carbocycles. The zero-order valence-electron chi connectivity index (χ0n) is 9.06. The van der Waals surface area contributed by atoms with Crippen LogP contribution in [0, 0.1) is 0 Å². The molecular weight excluding hydrogens is 244 g/mol. The van der Waals surface area contributed by atoms with E-state index < -0.39 is 27.6 Å². The largest absolute Gasteiger partial charge is 0.415 e. The summed E-state index contributed by atoms with van der Waals surface area (Å²) in [6.45, 7) is 5.79. The van der Waals surface area contributed by atoms with Crippen molar-refractivity contribution in [2.24, 2.45) is 0 Å². The third-order valence-electron chi connectivity index (χ3n) is 1.34. The first kappa shape index (κ1) is 15.3. The molecule has 0 radical (unpaired) electrons. The second-order valence-electron chi connectivity index (χ2n) is 3.57. The summed E-state index contributed by atoms with van der Waals surface area (Å²) in [5.41, 5.74) is 0. The summed E-state index contributed by atoms with van der Waals surface area (Å²) in [4.78, 5) is 27.3. The highest BCUT2D eigenvalue weighted by Gasteiger charge is 2.44. The van der Waals surface area contributed by atoms with Gasteiger partial charge in [0.2, 0.25) is 0 Å². The van der Waals surface area contributed by atoms with Gasteiger partial charge in [0.15, 0.2) is 0 Å². The Kier molecular flexibility index (Phi) is 5.15. The molecule has 0 spiro atoms. The van der Waals surface area contributed by atoms with Gasteiger partial charge in [-0.25, -0.2) is 9.13 Å². The predicted molar refractivity (Wildman–Crippen MR) is 55.1 cm³/mol. The van der Waals surface area contributed by atoms with Crippen LogP contribution in [0.15, 0.2) is 0 Å². The van der Waals surface area contributed by atoms with Gasteiger partial charge in [0, 0.05) is 6.04 Å². The average Bonchev–Trinajstić information content (AvgIpc) is 1.74. The topological polar surface area (TPSA) is 107 Å². The molecule has 92 valence electrons. The summed E-state index contributed by atoms with van der Waals surface area (Å²) in [6, 6.07) is -0.805. The lowest BCUT2D eigenvalue weighted by molar-refractivity contribution is 0.165. The van der Waals surface area contributed by atoms with E-state index in [1.54, 1.807) is 0 Å². The van der Waals surface area contributed by atoms with Crippen molar-refractivity contribution in [3.05, 3.63) is 0 Å². The second-order valence-corrected chi connectivity index (χ2v) is 6.97. The van der Waals surface area contributed by atoms with Crippen molar-refractivity contribution < 1.29 is 28.3 Å². The lowest BCUT2D eigenvalue weighted by Gasteiger charge is -2.30. The number of rotatable bonds is 5. The van der Waals surface area contributed by atoms with E-state index in [2.05, 4.69) is 4.52 Å². The number of hydrogen-bond donors (Lipinski definition) is 3. The molecule has 0 amide bonds. The number of nitrogens with zero attached hydrogens (tertiary/aromatic N) is 1. The van der Waals surface area contributed by atoms with E-state index in [0.717, 1.165) is 0 Å². The maximum atomic E-state index is 11.6. The smallest absolute Gasteiger partial charge is 0.312 e. The highest BCUT2D eigenvalue weighted by Crippen LogP contribution is 2.62. The molecule has 0 saturated carbocycles. The molecule has 7 nitrogen and oxygen atoms in total. The quantitative estimate of drug-likeness (QED) is 0.640. The Labute approximate surface area is 88.9 Å². The van der Waals surface area contributed by atoms with Gasteiger partial charge >= 0.3 is 15.5 Å². The fraction of sp³-hybridized carbons (Fsp3) is 1.00. The van der Waals surface area contributed by atoms with Gasteiger partial charge in [0.05, 0.1) is 6.10 Å². The van der Waals surface area contributed by atoms with Crippen LogP contribution in [0.25, 0.3) is 0 Å². The molecule has 1 atom stereocenters. The first-order valence-corrected chi connectivity index (χ1v) is 7.45. The minimum Gasteiger partial charge on any atom is -0.312 e. The van der Waals surface area contributed by atoms with Gasteiger partial charge in [-0.15, -0.1) is 4.44 Å². The molecule has 0 aromatic carbocycles. The van der Waals surface area contributed by atoms with Gasteiger partial charge < -0.3 is 14.7 Å². The SMILES string of the molecule is CC(C)OP(=O)(O)N(C(C)C)P(=O)(O)O. The summed E-state index contributed by atoms with van der Waals surface area (Å²) in [5.74, 6) is 0. The van der Waals surface area contributed by atoms with Crippen LogP contribution in [0.1, 0.15) is 27.7 Å². The molecule has 0 saturated heterocycles. The van der Waals surface area contributed by atoms with Crippen molar-refractivity contribution in [2.75, 3.05) is 0 Å². The van der Waals surface area contributed by atoms with Crippen molar-refractivity contribution in [3.8, 4) is 0 Å². The molecule has 0 bridgehead atoms. The van der Waals surface area contributed by atoms with Crippen LogP contribution >= 0.6 is 15.5 Å². The summed E-state index contributed by atoms with van der Waals surface area (Å²) in [5, 5.41) is 0. The van der Waals surface area contributed by atoms with Crippen LogP contribution in [-0.2, 0) is 13.7 Å². The fourth-order valence-electron chi connectivity index (χ4n) is 1.06. The minimum absolute atomic E-state index is 0.194. The van der Waals surface area contributed by atoms with E-state index in [0.29, 0.717) is 0 Å². The molecule has 9 heteroatoms. The van der Waals surface area contributed by atoms with Crippen LogP contribution in [-0.4, -0.2) is 31.3 Å². The Morgan fingerprint density at radius 3 is 1.67 bits per heavy atom. The van der Waals surface area contributed by atoms with Crippen molar-refractivity contribution in [1.82, 2.24) is 4.44 Å². The first-order chi connectivity index (χ1) is 6.48. The molecule has 0 aromatic heterocycles. The van der Waals surface area contributed by atoms with E-state index in [4.69, 9.17) is 9.79 Å². The number of hydrogen-bond acceptors (Lipinski definition) is 3. The second kappa shape index (κ2) is 5.06. The normalized spacial score (nSPS) is 17.5. The molecule has 0 heterocycles. The maximum Gasteiger partial charge on any atom is 0.415 e. The molecule has 0 aromatic rings. The molecule has 1 unspecified atom stereocenters. The summed E-state index contributed by atoms with van der Waals surface area (Å²) in [6.07, 6.45) is -0.603. The Balaban J connectivity index is 5.10. The highest BCUT2D eigenvalue weighted by molar-refractivity contribution is 7.65. The van der Waals surface area contributed by atoms with Crippen LogP contribution in [0.5, 0.6) is 0 Å². The fourth-order valence-corrected chi connectivity index (χ4v) is 4.20. The third kappa shape index (κ3) is 4.74. The Morgan fingerprint density at radius 1 is 1.07 bits per heavy atom. The van der Waals surface area contributed by atoms with Gasteiger partial charge in [0.25, 0.3) is 0 Å². The van der Waals surface area contributed by atoms with Gasteiger partial charge in [-0.05, 0) is 27.7 Å². The van der Waals surface area contributed by atoms with E-state index in [1.165, 1.54) is 27.7 Å². The van der Waals surface area contributed by atoms with Crippen molar-refractivity contribution in [3.63, 3.8) is 0 Å². The molecule has 0 aliphatic heterocycles. The first-order valence-electron chi connectivity index (χ1n) is 4.35. The van der Waals surface area contributed by atoms with Gasteiger partial charge in [-0.3, -0.25) is 4.52 Å². The zero-order chi connectivity index (χ0) is 12.4. The molecular formula is C6H17NO6P2. The van der Waals surface area contributed by atoms with E-state index in [9.17, 15) is 14.0 Å². The Bertz CT molecular complexity index is 298. The Morgan fingerprint density at radius 2 is 1.47 bits per heavy atom. The van der Waals surface area contributed by atoms with Crippen LogP contribution < -0.4 is 0 Å². The molecule has 15 heavy (non-hydrogen) atoms. The molecule has 0 aliphatic rings. The monoisotopic (exact) mass is 261 g/mol. The third-order valence-corrected chi connectivity index (χ3v) is 5.38. The minimum atomic E-state index is -4.81. The summed E-state index contributed by atoms with van der Waals surface area (Å²) in [7, 11) is -9.28. The lowest BCUT2D eigenvalue weighted by Crippen LogP contribution is -2.26. The predicted octanol–water partition coefficient (Wildman–Crippen LogP) is 1.31. The van der Waals surface area contributed by atoms with Gasteiger partial charge in [0.1, 0.15) is 0 Å². The van der Waals surface area contributed by atoms with Gasteiger partial charge in [-0.2, -0.15) is 0 Å². The maximum absolute atomic E-state index is 11.6. The van der Waals surface area contributed by atoms with E-state index in [-0.39, 0.29) is 4.44 Å². The summed E-state index contributed by atoms with van der Waals surface area (Å²) < 4.78 is 27.4. The van der Waals surface area contributed by atoms with Crippen molar-refractivity contribution in [2.45, 2.75) is 39.8 Å². The van der Waals surface area contributed by atoms with Crippen LogP contribution in [0.4, 0.5) is 0 Å². The van der Waals surface area contributed by atoms with Crippen molar-refractivity contribution in [1.29, 1.82) is 0 Å². The highest BCUT2D eigenvalue weighted by atomic mass is 31.3. The van der Waals surface area contributed by atoms with E-state index in [1.807, 2.05) is 0 Å². The van der Waals surface area contributed by atoms with Gasteiger partial charge in [-0.1, -0.05) is 0 Å². The summed E-state index contributed by atoms with van der Waals surface area (Å²) >= 11 is 0. The van der Waals surface area contributed by atoms with E-state index >= 15 is 0 Å². The van der Waals surface area contributed by atoms with Crippen LogP contribution in [0.2, 0.25) is 0 Å². The van der Waals surface area contributed by atoms with Crippen LogP contribution in [0.3, 0.4) is 0 Å². The molecule has 0 fully saturated rings. The van der Waals surface area contributed by atoms with Crippen molar-refractivity contribution >= 4 is 15.5 Å². The standard InChI is InChI=1S/C6H17NO6P2/c1-5(2)7(14(8,9)10)15(11,12)13-6(3)4/h5-6H,1-4H3,(H,11,12)(H2,8,9,10). The molecule has 3 N–H and O–H groups in total.